The van der Waals surface area contributed by atoms with E-state index in [4.69, 9.17) is 4.74 Å². The Balaban J connectivity index is 1.80. The first kappa shape index (κ1) is 21.9. The number of nitrogens with one attached hydrogen (secondary N) is 1. The zero-order valence-electron chi connectivity index (χ0n) is 15.8. The monoisotopic (exact) mass is 417 g/mol. The standard InChI is InChI=1S/C19H19N3O6S/c1-21(2)19(25)13-7-9-14(10-8-13)20-17(23)11-28-18(24)12-29-16-6-4-3-5-15(16)22(26)27/h3-10H,11-12H2,1-2H3,(H,20,23). The fourth-order valence-electron chi connectivity index (χ4n) is 2.21. The van der Waals surface area contributed by atoms with Gasteiger partial charge in [0.2, 0.25) is 0 Å². The molecule has 0 aromatic heterocycles. The van der Waals surface area contributed by atoms with Gasteiger partial charge in [-0.1, -0.05) is 12.1 Å². The largest absolute Gasteiger partial charge is 0.455 e. The van der Waals surface area contributed by atoms with Crippen molar-refractivity contribution in [3.63, 3.8) is 0 Å². The zero-order chi connectivity index (χ0) is 21.4. The second kappa shape index (κ2) is 10.2. The maximum atomic E-state index is 11.9. The van der Waals surface area contributed by atoms with Crippen LogP contribution in [0.3, 0.4) is 0 Å². The predicted octanol–water partition coefficient (Wildman–Crippen LogP) is 2.57. The zero-order valence-corrected chi connectivity index (χ0v) is 16.6. The number of thioether (sulfide) groups is 1. The van der Waals surface area contributed by atoms with Crippen LogP contribution in [0.2, 0.25) is 0 Å². The lowest BCUT2D eigenvalue weighted by molar-refractivity contribution is -0.387. The second-order valence-corrected chi connectivity index (χ2v) is 7.02. The maximum absolute atomic E-state index is 11.9. The van der Waals surface area contributed by atoms with E-state index in [0.717, 1.165) is 11.8 Å². The number of carbonyl (C=O) groups is 3. The Kier molecular flexibility index (Phi) is 7.72. The predicted molar refractivity (Wildman–Crippen MR) is 108 cm³/mol. The number of hydrogen-bond donors (Lipinski definition) is 1. The molecule has 0 bridgehead atoms. The van der Waals surface area contributed by atoms with Gasteiger partial charge in [-0.2, -0.15) is 0 Å². The Morgan fingerprint density at radius 1 is 1.10 bits per heavy atom. The second-order valence-electron chi connectivity index (χ2n) is 6.00. The van der Waals surface area contributed by atoms with E-state index < -0.39 is 23.4 Å². The minimum atomic E-state index is -0.671. The van der Waals surface area contributed by atoms with Crippen LogP contribution in [0.4, 0.5) is 11.4 Å². The van der Waals surface area contributed by atoms with Gasteiger partial charge in [0.05, 0.1) is 15.6 Å². The van der Waals surface area contributed by atoms with E-state index in [1.165, 1.54) is 23.1 Å². The number of carbonyl (C=O) groups excluding carboxylic acids is 3. The Labute approximate surface area is 171 Å². The number of nitro groups is 1. The summed E-state index contributed by atoms with van der Waals surface area (Å²) in [4.78, 5) is 47.7. The lowest BCUT2D eigenvalue weighted by Crippen LogP contribution is -2.22. The average Bonchev–Trinajstić information content (AvgIpc) is 2.70. The van der Waals surface area contributed by atoms with Gasteiger partial charge >= 0.3 is 5.97 Å². The van der Waals surface area contributed by atoms with Gasteiger partial charge in [-0.3, -0.25) is 24.5 Å². The Hall–Kier alpha value is -3.40. The van der Waals surface area contributed by atoms with E-state index in [0.29, 0.717) is 16.1 Å². The molecule has 1 N–H and O–H groups in total. The molecule has 0 aliphatic carbocycles. The van der Waals surface area contributed by atoms with Crippen LogP contribution < -0.4 is 5.32 Å². The highest BCUT2D eigenvalue weighted by Gasteiger charge is 2.15. The topological polar surface area (TPSA) is 119 Å². The quantitative estimate of drug-likeness (QED) is 0.303. The number of nitrogens with zero attached hydrogens (tertiary/aromatic N) is 2. The molecular formula is C19H19N3O6S. The van der Waals surface area contributed by atoms with Crippen LogP contribution in [-0.2, 0) is 14.3 Å². The lowest BCUT2D eigenvalue weighted by Gasteiger charge is -2.11. The van der Waals surface area contributed by atoms with Gasteiger partial charge in [-0.15, -0.1) is 11.8 Å². The van der Waals surface area contributed by atoms with Crippen LogP contribution in [0.15, 0.2) is 53.4 Å². The molecule has 0 spiro atoms. The maximum Gasteiger partial charge on any atom is 0.316 e. The molecule has 0 atom stereocenters. The molecule has 2 aromatic rings. The van der Waals surface area contributed by atoms with Gasteiger partial charge in [0.25, 0.3) is 17.5 Å². The Morgan fingerprint density at radius 3 is 2.38 bits per heavy atom. The van der Waals surface area contributed by atoms with E-state index >= 15 is 0 Å². The van der Waals surface area contributed by atoms with Crippen molar-refractivity contribution in [1.29, 1.82) is 0 Å². The number of amides is 2. The highest BCUT2D eigenvalue weighted by molar-refractivity contribution is 8.00. The molecule has 2 aromatic carbocycles. The molecule has 0 aliphatic rings. The molecule has 0 unspecified atom stereocenters. The van der Waals surface area contributed by atoms with Gasteiger partial charge in [0, 0.05) is 31.4 Å². The average molecular weight is 417 g/mol. The van der Waals surface area contributed by atoms with Gasteiger partial charge in [-0.05, 0) is 30.3 Å². The van der Waals surface area contributed by atoms with Crippen molar-refractivity contribution in [1.82, 2.24) is 4.90 Å². The number of ether oxygens (including phenoxy) is 1. The van der Waals surface area contributed by atoms with E-state index in [-0.39, 0.29) is 17.3 Å². The van der Waals surface area contributed by atoms with E-state index in [1.54, 1.807) is 44.4 Å². The number of hydrogen-bond acceptors (Lipinski definition) is 7. The highest BCUT2D eigenvalue weighted by atomic mass is 32.2. The van der Waals surface area contributed by atoms with E-state index in [1.807, 2.05) is 0 Å². The Bertz CT molecular complexity index is 914. The molecule has 2 amide bonds. The summed E-state index contributed by atoms with van der Waals surface area (Å²) in [6.07, 6.45) is 0. The number of nitro benzene ring substituents is 1. The Morgan fingerprint density at radius 2 is 1.76 bits per heavy atom. The lowest BCUT2D eigenvalue weighted by atomic mass is 10.2. The normalized spacial score (nSPS) is 10.1. The number of anilines is 1. The third-order valence-electron chi connectivity index (χ3n) is 3.59. The molecule has 9 nitrogen and oxygen atoms in total. The summed E-state index contributed by atoms with van der Waals surface area (Å²) in [6, 6.07) is 12.3. The SMILES string of the molecule is CN(C)C(=O)c1ccc(NC(=O)COC(=O)CSc2ccccc2[N+](=O)[O-])cc1. The molecule has 29 heavy (non-hydrogen) atoms. The smallest absolute Gasteiger partial charge is 0.316 e. The molecule has 0 saturated carbocycles. The third-order valence-corrected chi connectivity index (χ3v) is 4.63. The number of esters is 1. The van der Waals surface area contributed by atoms with Crippen LogP contribution in [0, 0.1) is 10.1 Å². The fourth-order valence-corrected chi connectivity index (χ4v) is 3.03. The minimum absolute atomic E-state index is 0.0979. The summed E-state index contributed by atoms with van der Waals surface area (Å²) in [5.41, 5.74) is 0.835. The number of benzene rings is 2. The first-order valence-electron chi connectivity index (χ1n) is 8.41. The van der Waals surface area contributed by atoms with Crippen LogP contribution in [0.1, 0.15) is 10.4 Å². The fraction of sp³-hybridized carbons (Fsp3) is 0.211. The molecule has 0 saturated heterocycles. The molecule has 0 heterocycles. The molecule has 152 valence electrons. The molecule has 0 fully saturated rings. The van der Waals surface area contributed by atoms with Crippen LogP contribution in [0.25, 0.3) is 0 Å². The van der Waals surface area contributed by atoms with Crippen molar-refractivity contribution in [3.8, 4) is 0 Å². The summed E-state index contributed by atoms with van der Waals surface area (Å²) in [5, 5.41) is 13.5. The minimum Gasteiger partial charge on any atom is -0.455 e. The molecule has 2 rings (SSSR count). The number of para-hydroxylation sites is 1. The molecular weight excluding hydrogens is 398 g/mol. The van der Waals surface area contributed by atoms with Gasteiger partial charge in [-0.25, -0.2) is 0 Å². The van der Waals surface area contributed by atoms with Gasteiger partial charge in [0.1, 0.15) is 0 Å². The van der Waals surface area contributed by atoms with Crippen LogP contribution in [-0.4, -0.2) is 54.1 Å². The van der Waals surface area contributed by atoms with Crippen molar-refractivity contribution in [2.24, 2.45) is 0 Å². The van der Waals surface area contributed by atoms with Gasteiger partial charge < -0.3 is 15.0 Å². The summed E-state index contributed by atoms with van der Waals surface area (Å²) in [5.74, 6) is -1.54. The summed E-state index contributed by atoms with van der Waals surface area (Å²) in [7, 11) is 3.28. The summed E-state index contributed by atoms with van der Waals surface area (Å²) >= 11 is 0.962. The van der Waals surface area contributed by atoms with Gasteiger partial charge in [0.15, 0.2) is 6.61 Å². The molecule has 10 heteroatoms. The van der Waals surface area contributed by atoms with Crippen molar-refractivity contribution >= 4 is 40.9 Å². The van der Waals surface area contributed by atoms with E-state index in [2.05, 4.69) is 5.32 Å². The van der Waals surface area contributed by atoms with Crippen LogP contribution in [0.5, 0.6) is 0 Å². The van der Waals surface area contributed by atoms with Crippen molar-refractivity contribution in [2.45, 2.75) is 4.90 Å². The van der Waals surface area contributed by atoms with Crippen LogP contribution >= 0.6 is 11.8 Å². The first-order valence-corrected chi connectivity index (χ1v) is 9.40. The summed E-state index contributed by atoms with van der Waals surface area (Å²) < 4.78 is 4.89. The van der Waals surface area contributed by atoms with Crippen molar-refractivity contribution in [2.75, 3.05) is 31.8 Å². The highest BCUT2D eigenvalue weighted by Crippen LogP contribution is 2.28. The molecule has 0 radical (unpaired) electrons. The number of rotatable bonds is 8. The third kappa shape index (κ3) is 6.61. The van der Waals surface area contributed by atoms with Crippen molar-refractivity contribution < 1.29 is 24.0 Å². The molecule has 0 aliphatic heterocycles. The van der Waals surface area contributed by atoms with E-state index in [9.17, 15) is 24.5 Å². The first-order chi connectivity index (χ1) is 13.8. The summed E-state index contributed by atoms with van der Waals surface area (Å²) in [6.45, 7) is -0.491. The van der Waals surface area contributed by atoms with Crippen molar-refractivity contribution in [3.05, 3.63) is 64.2 Å².